The first-order valence-corrected chi connectivity index (χ1v) is 21.6. The smallest absolute Gasteiger partial charge is 0.139 e. The van der Waals surface area contributed by atoms with E-state index in [9.17, 15) is 0 Å². The Bertz CT molecular complexity index is 3200. The number of hydrogen-bond donors (Lipinski definition) is 0. The monoisotopic (exact) mass is 774 g/mol. The molecule has 290 valence electrons. The van der Waals surface area contributed by atoms with Crippen molar-refractivity contribution in [1.82, 2.24) is 0 Å². The van der Waals surface area contributed by atoms with E-state index in [-0.39, 0.29) is 21.7 Å². The standard InChI is InChI=1S/C58H46O2/c1-55(2)43-15-11-9-13-35(43)37-21-17-33(27-45(37)55)31-19-23-49-41(25-31)51-53(59-49)39-29-48-40(30-47(39)57(51,5)6)54-52(58(48,7)8)42-26-32(20-24-50(42)60-54)34-18-22-38-36-14-10-12-16-44(36)56(3,4)46(38)28-34/h9-30H,1-8H3. The summed E-state index contributed by atoms with van der Waals surface area (Å²) in [5, 5.41) is 2.39. The van der Waals surface area contributed by atoms with Crippen LogP contribution in [0.4, 0.5) is 0 Å². The summed E-state index contributed by atoms with van der Waals surface area (Å²) in [6.07, 6.45) is 0. The van der Waals surface area contributed by atoms with Crippen molar-refractivity contribution in [3.63, 3.8) is 0 Å². The Kier molecular flexibility index (Phi) is 6.24. The van der Waals surface area contributed by atoms with Crippen LogP contribution in [-0.4, -0.2) is 0 Å². The Morgan fingerprint density at radius 1 is 0.300 bits per heavy atom. The van der Waals surface area contributed by atoms with Gasteiger partial charge in [0, 0.05) is 54.7 Å². The van der Waals surface area contributed by atoms with Gasteiger partial charge in [-0.15, -0.1) is 0 Å². The molecule has 0 unspecified atom stereocenters. The summed E-state index contributed by atoms with van der Waals surface area (Å²) < 4.78 is 13.8. The van der Waals surface area contributed by atoms with E-state index in [4.69, 9.17) is 8.83 Å². The minimum atomic E-state index is -0.266. The van der Waals surface area contributed by atoms with Crippen LogP contribution in [0.5, 0.6) is 0 Å². The highest BCUT2D eigenvalue weighted by molar-refractivity contribution is 6.01. The maximum absolute atomic E-state index is 6.88. The average Bonchev–Trinajstić information content (AvgIpc) is 4.03. The molecule has 13 rings (SSSR count). The van der Waals surface area contributed by atoms with Gasteiger partial charge in [-0.2, -0.15) is 0 Å². The molecule has 0 fully saturated rings. The Balaban J connectivity index is 0.899. The number of fused-ring (bicyclic) bond motifs is 16. The van der Waals surface area contributed by atoms with Gasteiger partial charge < -0.3 is 8.83 Å². The Hall–Kier alpha value is -6.38. The zero-order chi connectivity index (χ0) is 40.8. The molecular formula is C58H46O2. The van der Waals surface area contributed by atoms with E-state index in [0.717, 1.165) is 22.7 Å². The van der Waals surface area contributed by atoms with Crippen molar-refractivity contribution in [2.24, 2.45) is 0 Å². The van der Waals surface area contributed by atoms with Crippen molar-refractivity contribution < 1.29 is 8.83 Å². The van der Waals surface area contributed by atoms with Crippen LogP contribution >= 0.6 is 0 Å². The lowest BCUT2D eigenvalue weighted by Gasteiger charge is -2.24. The van der Waals surface area contributed by atoms with Gasteiger partial charge >= 0.3 is 0 Å². The highest BCUT2D eigenvalue weighted by Crippen LogP contribution is 2.60. The Labute approximate surface area is 351 Å². The van der Waals surface area contributed by atoms with Crippen LogP contribution in [0.2, 0.25) is 0 Å². The van der Waals surface area contributed by atoms with Crippen molar-refractivity contribution in [2.75, 3.05) is 0 Å². The van der Waals surface area contributed by atoms with E-state index in [1.54, 1.807) is 0 Å². The molecule has 2 heterocycles. The van der Waals surface area contributed by atoms with Crippen LogP contribution in [0.1, 0.15) is 99.9 Å². The molecule has 0 bridgehead atoms. The molecule has 0 saturated heterocycles. The van der Waals surface area contributed by atoms with E-state index in [0.29, 0.717) is 0 Å². The fourth-order valence-corrected chi connectivity index (χ4v) is 12.2. The molecule has 0 N–H and O–H groups in total. The largest absolute Gasteiger partial charge is 0.456 e. The first-order chi connectivity index (χ1) is 28.7. The molecule has 2 aromatic heterocycles. The third kappa shape index (κ3) is 4.10. The van der Waals surface area contributed by atoms with Crippen LogP contribution in [-0.2, 0) is 21.7 Å². The molecule has 4 aliphatic rings. The Morgan fingerprint density at radius 3 is 1.08 bits per heavy atom. The van der Waals surface area contributed by atoms with Gasteiger partial charge in [-0.25, -0.2) is 0 Å². The third-order valence-corrected chi connectivity index (χ3v) is 15.5. The molecule has 7 aromatic carbocycles. The van der Waals surface area contributed by atoms with Gasteiger partial charge in [-0.05, 0) is 126 Å². The summed E-state index contributed by atoms with van der Waals surface area (Å²) in [4.78, 5) is 0. The van der Waals surface area contributed by atoms with E-state index < -0.39 is 0 Å². The fourth-order valence-electron chi connectivity index (χ4n) is 12.2. The molecule has 2 heteroatoms. The summed E-state index contributed by atoms with van der Waals surface area (Å²) in [7, 11) is 0. The van der Waals surface area contributed by atoms with Crippen LogP contribution in [0.3, 0.4) is 0 Å². The van der Waals surface area contributed by atoms with Gasteiger partial charge in [-0.1, -0.05) is 140 Å². The van der Waals surface area contributed by atoms with E-state index in [1.807, 2.05) is 0 Å². The maximum Gasteiger partial charge on any atom is 0.139 e. The Morgan fingerprint density at radius 2 is 0.650 bits per heavy atom. The summed E-state index contributed by atoms with van der Waals surface area (Å²) in [5.41, 5.74) is 24.7. The van der Waals surface area contributed by atoms with Gasteiger partial charge in [0.05, 0.1) is 0 Å². The molecular weight excluding hydrogens is 729 g/mol. The lowest BCUT2D eigenvalue weighted by atomic mass is 9.78. The molecule has 60 heavy (non-hydrogen) atoms. The molecule has 0 aliphatic heterocycles. The molecule has 4 aliphatic carbocycles. The molecule has 0 saturated carbocycles. The van der Waals surface area contributed by atoms with Crippen molar-refractivity contribution in [2.45, 2.75) is 77.0 Å². The zero-order valence-electron chi connectivity index (χ0n) is 35.5. The van der Waals surface area contributed by atoms with E-state index >= 15 is 0 Å². The van der Waals surface area contributed by atoms with Gasteiger partial charge in [0.2, 0.25) is 0 Å². The van der Waals surface area contributed by atoms with Gasteiger partial charge in [0.1, 0.15) is 22.7 Å². The molecule has 2 nitrogen and oxygen atoms in total. The summed E-state index contributed by atoms with van der Waals surface area (Å²) in [6, 6.07) is 50.2. The minimum absolute atomic E-state index is 0.0457. The topological polar surface area (TPSA) is 26.3 Å². The van der Waals surface area contributed by atoms with Crippen LogP contribution in [0.25, 0.3) is 89.1 Å². The number of furan rings is 2. The second-order valence-electron chi connectivity index (χ2n) is 20.1. The van der Waals surface area contributed by atoms with Crippen LogP contribution in [0, 0.1) is 0 Å². The predicted molar refractivity (Wildman–Crippen MR) is 247 cm³/mol. The third-order valence-electron chi connectivity index (χ3n) is 15.5. The van der Waals surface area contributed by atoms with Crippen molar-refractivity contribution in [1.29, 1.82) is 0 Å². The SMILES string of the molecule is CC1(C)c2ccccc2-c2ccc(-c3ccc4oc5c(c4c3)C(C)(C)c3cc4c(cc3-5)C(C)(C)c3c-4oc4ccc(-c5ccc6c(c5)C(C)(C)c5ccccc5-6)cc34)cc21. The van der Waals surface area contributed by atoms with Gasteiger partial charge in [0.15, 0.2) is 0 Å². The molecule has 0 amide bonds. The quantitative estimate of drug-likeness (QED) is 0.175. The predicted octanol–water partition coefficient (Wildman–Crippen LogP) is 15.7. The number of benzene rings is 7. The first-order valence-electron chi connectivity index (χ1n) is 21.6. The first kappa shape index (κ1) is 34.5. The lowest BCUT2D eigenvalue weighted by Crippen LogP contribution is -2.17. The summed E-state index contributed by atoms with van der Waals surface area (Å²) >= 11 is 0. The van der Waals surface area contributed by atoms with E-state index in [2.05, 4.69) is 189 Å². The summed E-state index contributed by atoms with van der Waals surface area (Å²) in [6.45, 7) is 18.9. The normalized spacial score (nSPS) is 17.2. The fraction of sp³-hybridized carbons (Fsp3) is 0.207. The van der Waals surface area contributed by atoms with E-state index in [1.165, 1.54) is 111 Å². The highest BCUT2D eigenvalue weighted by Gasteiger charge is 2.47. The maximum atomic E-state index is 6.88. The molecule has 0 spiro atoms. The second kappa shape index (κ2) is 10.9. The minimum Gasteiger partial charge on any atom is -0.456 e. The summed E-state index contributed by atoms with van der Waals surface area (Å²) in [5.74, 6) is 2.01. The van der Waals surface area contributed by atoms with Crippen molar-refractivity contribution in [3.05, 3.63) is 178 Å². The van der Waals surface area contributed by atoms with Gasteiger partial charge in [0.25, 0.3) is 0 Å². The molecule has 0 atom stereocenters. The molecule has 9 aromatic rings. The van der Waals surface area contributed by atoms with Crippen LogP contribution < -0.4 is 0 Å². The van der Waals surface area contributed by atoms with Crippen molar-refractivity contribution in [3.8, 4) is 67.2 Å². The number of rotatable bonds is 2. The number of hydrogen-bond acceptors (Lipinski definition) is 2. The van der Waals surface area contributed by atoms with Gasteiger partial charge in [-0.3, -0.25) is 0 Å². The molecule has 0 radical (unpaired) electrons. The van der Waals surface area contributed by atoms with Crippen LogP contribution in [0.15, 0.2) is 142 Å². The zero-order valence-corrected chi connectivity index (χ0v) is 35.5. The lowest BCUT2D eigenvalue weighted by molar-refractivity contribution is 0.617. The van der Waals surface area contributed by atoms with Crippen molar-refractivity contribution >= 4 is 21.9 Å². The average molecular weight is 775 g/mol. The highest BCUT2D eigenvalue weighted by atomic mass is 16.3. The second-order valence-corrected chi connectivity index (χ2v) is 20.1.